The van der Waals surface area contributed by atoms with Gasteiger partial charge in [-0.3, -0.25) is 14.6 Å². The number of aryl methyl sites for hydroxylation is 1. The molecule has 0 aliphatic heterocycles. The molecule has 2 aromatic heterocycles. The van der Waals surface area contributed by atoms with Crippen LogP contribution in [-0.2, 0) is 16.0 Å². The van der Waals surface area contributed by atoms with Gasteiger partial charge in [0.2, 0.25) is 11.8 Å². The van der Waals surface area contributed by atoms with Gasteiger partial charge >= 0.3 is 0 Å². The van der Waals surface area contributed by atoms with Gasteiger partial charge < -0.3 is 15.2 Å². The standard InChI is InChI=1S/C20H20N4O3/c1-14-10-18(24-27-14)23-19(25)13-22-20(26)17(16-7-3-2-4-8-16)11-15-6-5-9-21-12-15/h2-10,12,17H,11,13H2,1H3,(H,22,26)(H,23,24,25). The average Bonchev–Trinajstić information content (AvgIpc) is 3.10. The van der Waals surface area contributed by atoms with Crippen LogP contribution in [-0.4, -0.2) is 28.5 Å². The molecule has 138 valence electrons. The lowest BCUT2D eigenvalue weighted by Crippen LogP contribution is -2.36. The molecule has 0 saturated heterocycles. The zero-order chi connectivity index (χ0) is 19.1. The molecule has 1 unspecified atom stereocenters. The van der Waals surface area contributed by atoms with E-state index in [1.807, 2.05) is 42.5 Å². The van der Waals surface area contributed by atoms with E-state index in [1.54, 1.807) is 25.4 Å². The second-order valence-corrected chi connectivity index (χ2v) is 6.12. The highest BCUT2D eigenvalue weighted by Crippen LogP contribution is 2.21. The lowest BCUT2D eigenvalue weighted by Gasteiger charge is -2.17. The Labute approximate surface area is 156 Å². The summed E-state index contributed by atoms with van der Waals surface area (Å²) in [5.74, 6) is -0.101. The molecule has 0 fully saturated rings. The fourth-order valence-electron chi connectivity index (χ4n) is 2.70. The molecule has 1 aromatic carbocycles. The van der Waals surface area contributed by atoms with Crippen LogP contribution in [0.3, 0.4) is 0 Å². The van der Waals surface area contributed by atoms with Crippen molar-refractivity contribution in [1.82, 2.24) is 15.5 Å². The number of nitrogens with one attached hydrogen (secondary N) is 2. The summed E-state index contributed by atoms with van der Waals surface area (Å²) >= 11 is 0. The van der Waals surface area contributed by atoms with Gasteiger partial charge in [0.1, 0.15) is 5.76 Å². The molecule has 0 aliphatic rings. The number of benzene rings is 1. The molecule has 7 nitrogen and oxygen atoms in total. The second-order valence-electron chi connectivity index (χ2n) is 6.12. The van der Waals surface area contributed by atoms with E-state index in [4.69, 9.17) is 4.52 Å². The third-order valence-corrected chi connectivity index (χ3v) is 4.00. The van der Waals surface area contributed by atoms with Crippen molar-refractivity contribution in [3.63, 3.8) is 0 Å². The lowest BCUT2D eigenvalue weighted by atomic mass is 9.92. The molecule has 7 heteroatoms. The summed E-state index contributed by atoms with van der Waals surface area (Å²) in [6, 6.07) is 14.8. The number of nitrogens with zero attached hydrogens (tertiary/aromatic N) is 2. The maximum Gasteiger partial charge on any atom is 0.245 e. The molecule has 2 amide bonds. The molecule has 2 heterocycles. The fourth-order valence-corrected chi connectivity index (χ4v) is 2.70. The number of carbonyl (C=O) groups is 2. The molecule has 27 heavy (non-hydrogen) atoms. The topological polar surface area (TPSA) is 97.1 Å². The molecule has 3 rings (SSSR count). The van der Waals surface area contributed by atoms with Crippen molar-refractivity contribution < 1.29 is 14.1 Å². The SMILES string of the molecule is Cc1cc(NC(=O)CNC(=O)C(Cc2cccnc2)c2ccccc2)no1. The highest BCUT2D eigenvalue weighted by molar-refractivity contribution is 5.95. The molecule has 0 radical (unpaired) electrons. The Morgan fingerprint density at radius 3 is 2.63 bits per heavy atom. The predicted octanol–water partition coefficient (Wildman–Crippen LogP) is 2.46. The van der Waals surface area contributed by atoms with Crippen LogP contribution in [0.4, 0.5) is 5.82 Å². The van der Waals surface area contributed by atoms with Gasteiger partial charge in [0, 0.05) is 18.5 Å². The summed E-state index contributed by atoms with van der Waals surface area (Å²) in [7, 11) is 0. The minimum Gasteiger partial charge on any atom is -0.360 e. The number of amides is 2. The zero-order valence-electron chi connectivity index (χ0n) is 14.9. The Hall–Kier alpha value is -3.48. The maximum atomic E-state index is 12.8. The molecule has 0 spiro atoms. The van der Waals surface area contributed by atoms with Gasteiger partial charge in [-0.05, 0) is 30.5 Å². The Morgan fingerprint density at radius 2 is 1.96 bits per heavy atom. The van der Waals surface area contributed by atoms with Crippen LogP contribution in [0.2, 0.25) is 0 Å². The van der Waals surface area contributed by atoms with Crippen molar-refractivity contribution in [1.29, 1.82) is 0 Å². The number of hydrogen-bond donors (Lipinski definition) is 2. The Bertz CT molecular complexity index is 894. The minimum atomic E-state index is -0.419. The van der Waals surface area contributed by atoms with E-state index >= 15 is 0 Å². The van der Waals surface area contributed by atoms with Gasteiger partial charge in [0.15, 0.2) is 5.82 Å². The summed E-state index contributed by atoms with van der Waals surface area (Å²) in [4.78, 5) is 28.9. The van der Waals surface area contributed by atoms with Crippen LogP contribution in [0, 0.1) is 6.92 Å². The summed E-state index contributed by atoms with van der Waals surface area (Å²) in [6.45, 7) is 1.58. The van der Waals surface area contributed by atoms with E-state index in [1.165, 1.54) is 0 Å². The Kier molecular flexibility index (Phi) is 5.94. The summed E-state index contributed by atoms with van der Waals surface area (Å²) in [5.41, 5.74) is 1.83. The Balaban J connectivity index is 1.64. The number of rotatable bonds is 7. The van der Waals surface area contributed by atoms with Crippen molar-refractivity contribution in [3.8, 4) is 0 Å². The second kappa shape index (κ2) is 8.75. The van der Waals surface area contributed by atoms with Gasteiger partial charge in [0.05, 0.1) is 12.5 Å². The smallest absolute Gasteiger partial charge is 0.245 e. The van der Waals surface area contributed by atoms with Crippen LogP contribution in [0.1, 0.15) is 22.8 Å². The molecule has 2 N–H and O–H groups in total. The molecule has 0 bridgehead atoms. The molecular weight excluding hydrogens is 344 g/mol. The monoisotopic (exact) mass is 364 g/mol. The van der Waals surface area contributed by atoms with Crippen molar-refractivity contribution in [2.24, 2.45) is 0 Å². The lowest BCUT2D eigenvalue weighted by molar-refractivity contribution is -0.125. The highest BCUT2D eigenvalue weighted by atomic mass is 16.5. The number of anilines is 1. The van der Waals surface area contributed by atoms with E-state index in [-0.39, 0.29) is 18.4 Å². The molecular formula is C20H20N4O3. The molecule has 0 saturated carbocycles. The van der Waals surface area contributed by atoms with Crippen LogP contribution in [0.15, 0.2) is 65.4 Å². The third-order valence-electron chi connectivity index (χ3n) is 4.00. The Morgan fingerprint density at radius 1 is 1.15 bits per heavy atom. The van der Waals surface area contributed by atoms with Crippen molar-refractivity contribution in [2.75, 3.05) is 11.9 Å². The maximum absolute atomic E-state index is 12.8. The molecule has 0 aliphatic carbocycles. The van der Waals surface area contributed by atoms with E-state index in [9.17, 15) is 9.59 Å². The van der Waals surface area contributed by atoms with Crippen molar-refractivity contribution in [2.45, 2.75) is 19.3 Å². The first-order valence-electron chi connectivity index (χ1n) is 8.56. The summed E-state index contributed by atoms with van der Waals surface area (Å²) < 4.78 is 4.90. The van der Waals surface area contributed by atoms with Gasteiger partial charge in [-0.1, -0.05) is 41.6 Å². The number of carbonyl (C=O) groups excluding carboxylic acids is 2. The van der Waals surface area contributed by atoms with Gasteiger partial charge in [-0.25, -0.2) is 0 Å². The summed E-state index contributed by atoms with van der Waals surface area (Å²) in [6.07, 6.45) is 3.92. The minimum absolute atomic E-state index is 0.152. The van der Waals surface area contributed by atoms with E-state index in [0.717, 1.165) is 11.1 Å². The molecule has 1 atom stereocenters. The number of hydrogen-bond acceptors (Lipinski definition) is 5. The predicted molar refractivity (Wildman–Crippen MR) is 100 cm³/mol. The van der Waals surface area contributed by atoms with E-state index < -0.39 is 5.92 Å². The zero-order valence-corrected chi connectivity index (χ0v) is 14.9. The van der Waals surface area contributed by atoms with Crippen LogP contribution < -0.4 is 10.6 Å². The van der Waals surface area contributed by atoms with Gasteiger partial charge in [0.25, 0.3) is 0 Å². The average molecular weight is 364 g/mol. The fraction of sp³-hybridized carbons (Fsp3) is 0.200. The van der Waals surface area contributed by atoms with Crippen LogP contribution >= 0.6 is 0 Å². The largest absolute Gasteiger partial charge is 0.360 e. The normalized spacial score (nSPS) is 11.6. The number of aromatic nitrogens is 2. The van der Waals surface area contributed by atoms with Gasteiger partial charge in [-0.15, -0.1) is 0 Å². The van der Waals surface area contributed by atoms with Gasteiger partial charge in [-0.2, -0.15) is 0 Å². The van der Waals surface area contributed by atoms with E-state index in [0.29, 0.717) is 18.0 Å². The van der Waals surface area contributed by atoms with E-state index in [2.05, 4.69) is 20.8 Å². The van der Waals surface area contributed by atoms with Crippen molar-refractivity contribution >= 4 is 17.6 Å². The first-order valence-corrected chi connectivity index (χ1v) is 8.56. The van der Waals surface area contributed by atoms with Crippen molar-refractivity contribution in [3.05, 3.63) is 77.8 Å². The summed E-state index contributed by atoms with van der Waals surface area (Å²) in [5, 5.41) is 8.97. The third kappa shape index (κ3) is 5.24. The number of pyridine rings is 1. The molecule has 3 aromatic rings. The van der Waals surface area contributed by atoms with Crippen LogP contribution in [0.5, 0.6) is 0 Å². The first kappa shape index (κ1) is 18.3. The first-order chi connectivity index (χ1) is 13.1. The quantitative estimate of drug-likeness (QED) is 0.671. The highest BCUT2D eigenvalue weighted by Gasteiger charge is 2.21. The van der Waals surface area contributed by atoms with Crippen LogP contribution in [0.25, 0.3) is 0 Å².